The number of hydrogen-bond acceptors (Lipinski definition) is 2. The first-order chi connectivity index (χ1) is 8.95. The summed E-state index contributed by atoms with van der Waals surface area (Å²) in [6, 6.07) is 8.13. The fourth-order valence-corrected chi connectivity index (χ4v) is 2.86. The highest BCUT2D eigenvalue weighted by atomic mass is 79.9. The average molecular weight is 323 g/mol. The zero-order chi connectivity index (χ0) is 13.9. The normalized spacial score (nSPS) is 20.2. The van der Waals surface area contributed by atoms with Gasteiger partial charge < -0.3 is 0 Å². The molecule has 1 fully saturated rings. The maximum Gasteiger partial charge on any atom is 0.0562 e. The SMILES string of the molecule is CC(C)(C)C1CCC(=NNc2ccc(Br)cc2)CC1. The molecule has 19 heavy (non-hydrogen) atoms. The number of rotatable bonds is 2. The Morgan fingerprint density at radius 3 is 2.21 bits per heavy atom. The highest BCUT2D eigenvalue weighted by Crippen LogP contribution is 2.36. The Labute approximate surface area is 124 Å². The first kappa shape index (κ1) is 14.6. The summed E-state index contributed by atoms with van der Waals surface area (Å²) in [4.78, 5) is 0. The summed E-state index contributed by atoms with van der Waals surface area (Å²) in [5, 5.41) is 4.55. The van der Waals surface area contributed by atoms with Crippen molar-refractivity contribution in [3.63, 3.8) is 0 Å². The van der Waals surface area contributed by atoms with E-state index in [0.717, 1.165) is 28.9 Å². The van der Waals surface area contributed by atoms with E-state index in [1.165, 1.54) is 18.6 Å². The van der Waals surface area contributed by atoms with E-state index < -0.39 is 0 Å². The highest BCUT2D eigenvalue weighted by molar-refractivity contribution is 9.10. The van der Waals surface area contributed by atoms with Crippen molar-refractivity contribution in [2.24, 2.45) is 16.4 Å². The maximum absolute atomic E-state index is 4.55. The molecule has 0 atom stereocenters. The zero-order valence-corrected chi connectivity index (χ0v) is 13.6. The summed E-state index contributed by atoms with van der Waals surface area (Å²) in [6.45, 7) is 7.04. The second-order valence-corrected chi connectivity index (χ2v) is 7.35. The van der Waals surface area contributed by atoms with Crippen LogP contribution in [0.25, 0.3) is 0 Å². The molecule has 0 spiro atoms. The predicted octanol–water partition coefficient (Wildman–Crippen LogP) is 5.45. The third kappa shape index (κ3) is 4.34. The Morgan fingerprint density at radius 2 is 1.68 bits per heavy atom. The molecule has 2 rings (SSSR count). The molecule has 1 aromatic carbocycles. The van der Waals surface area contributed by atoms with Crippen molar-refractivity contribution < 1.29 is 0 Å². The van der Waals surface area contributed by atoms with E-state index in [9.17, 15) is 0 Å². The third-order valence-corrected chi connectivity index (χ3v) is 4.50. The summed E-state index contributed by atoms with van der Waals surface area (Å²) < 4.78 is 1.09. The Balaban J connectivity index is 1.87. The second kappa shape index (κ2) is 6.08. The molecule has 0 amide bonds. The topological polar surface area (TPSA) is 24.4 Å². The van der Waals surface area contributed by atoms with E-state index >= 15 is 0 Å². The lowest BCUT2D eigenvalue weighted by Crippen LogP contribution is -2.26. The first-order valence-corrected chi connectivity index (χ1v) is 7.81. The lowest BCUT2D eigenvalue weighted by atomic mass is 9.72. The molecular weight excluding hydrogens is 300 g/mol. The number of benzene rings is 1. The number of hydrogen-bond donors (Lipinski definition) is 1. The fraction of sp³-hybridized carbons (Fsp3) is 0.562. The van der Waals surface area contributed by atoms with Gasteiger partial charge >= 0.3 is 0 Å². The minimum absolute atomic E-state index is 0.435. The van der Waals surface area contributed by atoms with Crippen LogP contribution >= 0.6 is 15.9 Å². The Bertz CT molecular complexity index is 433. The molecule has 1 aliphatic carbocycles. The van der Waals surface area contributed by atoms with E-state index in [1.54, 1.807) is 0 Å². The Hall–Kier alpha value is -0.830. The van der Waals surface area contributed by atoms with Gasteiger partial charge in [0, 0.05) is 10.2 Å². The van der Waals surface area contributed by atoms with Crippen LogP contribution < -0.4 is 5.43 Å². The molecular formula is C16H23BrN2. The van der Waals surface area contributed by atoms with Crippen molar-refractivity contribution in [2.75, 3.05) is 5.43 Å². The maximum atomic E-state index is 4.55. The number of anilines is 1. The summed E-state index contributed by atoms with van der Waals surface area (Å²) in [5.41, 5.74) is 5.96. The molecule has 3 heteroatoms. The van der Waals surface area contributed by atoms with Crippen molar-refractivity contribution in [3.8, 4) is 0 Å². The number of halogens is 1. The van der Waals surface area contributed by atoms with Gasteiger partial charge in [0.15, 0.2) is 0 Å². The molecule has 0 aliphatic heterocycles. The van der Waals surface area contributed by atoms with Crippen LogP contribution in [0.1, 0.15) is 46.5 Å². The van der Waals surface area contributed by atoms with Gasteiger partial charge in [-0.2, -0.15) is 5.10 Å². The van der Waals surface area contributed by atoms with Crippen LogP contribution in [-0.4, -0.2) is 5.71 Å². The van der Waals surface area contributed by atoms with Crippen LogP contribution in [0.2, 0.25) is 0 Å². The van der Waals surface area contributed by atoms with Gasteiger partial charge in [0.2, 0.25) is 0 Å². The standard InChI is InChI=1S/C16H23BrN2/c1-16(2,3)12-4-8-14(9-5-12)18-19-15-10-6-13(17)7-11-15/h6-7,10-12,19H,4-5,8-9H2,1-3H3. The molecule has 0 heterocycles. The van der Waals surface area contributed by atoms with E-state index in [4.69, 9.17) is 0 Å². The molecule has 0 aromatic heterocycles. The Morgan fingerprint density at radius 1 is 1.11 bits per heavy atom. The van der Waals surface area contributed by atoms with Crippen molar-refractivity contribution in [1.29, 1.82) is 0 Å². The van der Waals surface area contributed by atoms with Crippen LogP contribution in [0.4, 0.5) is 5.69 Å². The molecule has 1 N–H and O–H groups in total. The van der Waals surface area contributed by atoms with Gasteiger partial charge in [-0.05, 0) is 61.3 Å². The molecule has 0 unspecified atom stereocenters. The van der Waals surface area contributed by atoms with Crippen LogP contribution in [0.5, 0.6) is 0 Å². The summed E-state index contributed by atoms with van der Waals surface area (Å²) >= 11 is 3.43. The van der Waals surface area contributed by atoms with Gasteiger partial charge in [-0.3, -0.25) is 5.43 Å². The van der Waals surface area contributed by atoms with E-state index in [0.29, 0.717) is 5.41 Å². The van der Waals surface area contributed by atoms with Crippen molar-refractivity contribution >= 4 is 27.3 Å². The van der Waals surface area contributed by atoms with Crippen LogP contribution in [0.3, 0.4) is 0 Å². The molecule has 0 radical (unpaired) electrons. The zero-order valence-electron chi connectivity index (χ0n) is 12.0. The fourth-order valence-electron chi connectivity index (χ4n) is 2.60. The van der Waals surface area contributed by atoms with Crippen LogP contribution in [0.15, 0.2) is 33.8 Å². The van der Waals surface area contributed by atoms with Gasteiger partial charge in [0.05, 0.1) is 5.69 Å². The number of nitrogens with one attached hydrogen (secondary N) is 1. The van der Waals surface area contributed by atoms with Gasteiger partial charge in [-0.15, -0.1) is 0 Å². The number of hydrazone groups is 1. The van der Waals surface area contributed by atoms with Crippen molar-refractivity contribution in [2.45, 2.75) is 46.5 Å². The quantitative estimate of drug-likeness (QED) is 0.719. The highest BCUT2D eigenvalue weighted by Gasteiger charge is 2.27. The summed E-state index contributed by atoms with van der Waals surface area (Å²) in [5.74, 6) is 0.833. The van der Waals surface area contributed by atoms with E-state index in [1.807, 2.05) is 24.3 Å². The van der Waals surface area contributed by atoms with E-state index in [2.05, 4.69) is 47.2 Å². The number of nitrogens with zero attached hydrogens (tertiary/aromatic N) is 1. The minimum Gasteiger partial charge on any atom is -0.279 e. The third-order valence-electron chi connectivity index (χ3n) is 3.97. The monoisotopic (exact) mass is 322 g/mol. The Kier molecular flexibility index (Phi) is 4.67. The van der Waals surface area contributed by atoms with Gasteiger partial charge in [-0.1, -0.05) is 36.7 Å². The molecule has 1 aliphatic rings. The van der Waals surface area contributed by atoms with Gasteiger partial charge in [0.1, 0.15) is 0 Å². The molecule has 1 saturated carbocycles. The first-order valence-electron chi connectivity index (χ1n) is 7.02. The van der Waals surface area contributed by atoms with Crippen molar-refractivity contribution in [3.05, 3.63) is 28.7 Å². The van der Waals surface area contributed by atoms with Gasteiger partial charge in [0.25, 0.3) is 0 Å². The summed E-state index contributed by atoms with van der Waals surface area (Å²) in [7, 11) is 0. The van der Waals surface area contributed by atoms with E-state index in [-0.39, 0.29) is 0 Å². The molecule has 2 nitrogen and oxygen atoms in total. The predicted molar refractivity (Wildman–Crippen MR) is 86.6 cm³/mol. The molecule has 104 valence electrons. The lowest BCUT2D eigenvalue weighted by Gasteiger charge is -2.34. The molecule has 0 saturated heterocycles. The summed E-state index contributed by atoms with van der Waals surface area (Å²) in [6.07, 6.45) is 4.80. The average Bonchev–Trinajstić information content (AvgIpc) is 2.37. The smallest absolute Gasteiger partial charge is 0.0562 e. The molecule has 1 aromatic rings. The largest absolute Gasteiger partial charge is 0.279 e. The van der Waals surface area contributed by atoms with Crippen LogP contribution in [-0.2, 0) is 0 Å². The van der Waals surface area contributed by atoms with Crippen molar-refractivity contribution in [1.82, 2.24) is 0 Å². The lowest BCUT2D eigenvalue weighted by molar-refractivity contribution is 0.208. The van der Waals surface area contributed by atoms with Gasteiger partial charge in [-0.25, -0.2) is 0 Å². The second-order valence-electron chi connectivity index (χ2n) is 6.44. The molecule has 0 bridgehead atoms. The van der Waals surface area contributed by atoms with Crippen LogP contribution in [0, 0.1) is 11.3 Å². The minimum atomic E-state index is 0.435.